The van der Waals surface area contributed by atoms with E-state index in [1.807, 2.05) is 0 Å². The lowest BCUT2D eigenvalue weighted by Crippen LogP contribution is -2.50. The van der Waals surface area contributed by atoms with Crippen molar-refractivity contribution in [1.82, 2.24) is 5.32 Å². The van der Waals surface area contributed by atoms with Crippen LogP contribution in [0.1, 0.15) is 17.5 Å². The molecule has 0 saturated carbocycles. The molecule has 8 nitrogen and oxygen atoms in total. The van der Waals surface area contributed by atoms with Gasteiger partial charge in [-0.1, -0.05) is 0 Å². The number of ether oxygens (including phenoxy) is 2. The van der Waals surface area contributed by atoms with Crippen LogP contribution in [0.2, 0.25) is 0 Å². The van der Waals surface area contributed by atoms with Crippen molar-refractivity contribution in [3.63, 3.8) is 0 Å². The zero-order valence-corrected chi connectivity index (χ0v) is 15.8. The van der Waals surface area contributed by atoms with Crippen molar-refractivity contribution in [3.05, 3.63) is 29.3 Å². The Bertz CT molecular complexity index is 1010. The molecular formula is C17H16F3N3O5S. The van der Waals surface area contributed by atoms with Crippen molar-refractivity contribution in [3.8, 4) is 6.07 Å². The Morgan fingerprint density at radius 2 is 2.14 bits per heavy atom. The summed E-state index contributed by atoms with van der Waals surface area (Å²) < 4.78 is 77.3. The number of halogens is 3. The van der Waals surface area contributed by atoms with Crippen LogP contribution in [0.25, 0.3) is 0 Å². The van der Waals surface area contributed by atoms with Gasteiger partial charge in [-0.25, -0.2) is 13.2 Å². The molecule has 0 spiro atoms. The first kappa shape index (κ1) is 19.8. The number of amides is 1. The van der Waals surface area contributed by atoms with Gasteiger partial charge in [-0.15, -0.1) is 0 Å². The van der Waals surface area contributed by atoms with Crippen LogP contribution >= 0.6 is 0 Å². The van der Waals surface area contributed by atoms with Crippen LogP contribution in [-0.4, -0.2) is 51.7 Å². The molecule has 29 heavy (non-hydrogen) atoms. The molecule has 156 valence electrons. The number of hydrogen-bond donors (Lipinski definition) is 1. The quantitative estimate of drug-likeness (QED) is 0.762. The third-order valence-electron chi connectivity index (χ3n) is 5.67. The van der Waals surface area contributed by atoms with Crippen LogP contribution in [0.3, 0.4) is 0 Å². The fourth-order valence-electron chi connectivity index (χ4n) is 4.45. The minimum Gasteiger partial charge on any atom is -0.453 e. The summed E-state index contributed by atoms with van der Waals surface area (Å²) >= 11 is 0. The first-order valence-electron chi connectivity index (χ1n) is 8.70. The first-order valence-corrected chi connectivity index (χ1v) is 10.2. The summed E-state index contributed by atoms with van der Waals surface area (Å²) in [7, 11) is -2.86. The maximum absolute atomic E-state index is 13.3. The SMILES string of the molecule is COC(=O)N[C@H]1C[C@H]2O[C@H]1[C@@H]1[C@H]2CN(c2ccc(C#N)c(C(F)(F)F)c2)S1(=O)=O. The van der Waals surface area contributed by atoms with Crippen molar-refractivity contribution >= 4 is 21.8 Å². The monoisotopic (exact) mass is 431 g/mol. The van der Waals surface area contributed by atoms with Gasteiger partial charge >= 0.3 is 12.3 Å². The van der Waals surface area contributed by atoms with E-state index in [2.05, 4.69) is 10.1 Å². The number of hydrogen-bond acceptors (Lipinski definition) is 6. The van der Waals surface area contributed by atoms with E-state index in [9.17, 15) is 26.4 Å². The Balaban J connectivity index is 1.67. The number of sulfonamides is 1. The molecule has 0 aromatic heterocycles. The highest BCUT2D eigenvalue weighted by Crippen LogP contribution is 2.49. The van der Waals surface area contributed by atoms with Gasteiger partial charge in [0.2, 0.25) is 10.0 Å². The number of alkyl halides is 3. The molecule has 3 fully saturated rings. The lowest BCUT2D eigenvalue weighted by molar-refractivity contribution is -0.137. The van der Waals surface area contributed by atoms with E-state index >= 15 is 0 Å². The van der Waals surface area contributed by atoms with Gasteiger partial charge in [-0.05, 0) is 24.6 Å². The summed E-state index contributed by atoms with van der Waals surface area (Å²) in [5.74, 6) is -0.425. The highest BCUT2D eigenvalue weighted by atomic mass is 32.2. The number of rotatable bonds is 2. The number of nitrogens with one attached hydrogen (secondary N) is 1. The Labute approximate surface area is 164 Å². The number of nitrogens with zero attached hydrogens (tertiary/aromatic N) is 2. The second-order valence-electron chi connectivity index (χ2n) is 7.16. The average molecular weight is 431 g/mol. The maximum Gasteiger partial charge on any atom is 0.417 e. The summed E-state index contributed by atoms with van der Waals surface area (Å²) in [4.78, 5) is 11.5. The third kappa shape index (κ3) is 3.00. The van der Waals surface area contributed by atoms with Crippen molar-refractivity contribution in [2.45, 2.75) is 36.1 Å². The molecule has 3 saturated heterocycles. The summed E-state index contributed by atoms with van der Waals surface area (Å²) in [6.07, 6.45) is -6.35. The number of benzene rings is 1. The van der Waals surface area contributed by atoms with E-state index in [-0.39, 0.29) is 12.2 Å². The predicted molar refractivity (Wildman–Crippen MR) is 92.3 cm³/mol. The second-order valence-corrected chi connectivity index (χ2v) is 9.18. The molecule has 5 atom stereocenters. The Morgan fingerprint density at radius 1 is 1.41 bits per heavy atom. The summed E-state index contributed by atoms with van der Waals surface area (Å²) in [5.41, 5.74) is -1.92. The normalized spacial score (nSPS) is 32.0. The van der Waals surface area contributed by atoms with Crippen molar-refractivity contribution < 1.29 is 35.9 Å². The van der Waals surface area contributed by atoms with Crippen LogP contribution in [0.15, 0.2) is 18.2 Å². The molecule has 3 aliphatic rings. The number of methoxy groups -OCH3 is 1. The average Bonchev–Trinajstić information content (AvgIpc) is 3.30. The van der Waals surface area contributed by atoms with Gasteiger partial charge < -0.3 is 14.8 Å². The van der Waals surface area contributed by atoms with Crippen LogP contribution < -0.4 is 9.62 Å². The molecule has 4 rings (SSSR count). The minimum atomic E-state index is -4.79. The Hall–Kier alpha value is -2.52. The molecule has 3 heterocycles. The smallest absolute Gasteiger partial charge is 0.417 e. The molecule has 1 aromatic rings. The molecule has 0 radical (unpaired) electrons. The molecular weight excluding hydrogens is 415 g/mol. The Kier molecular flexibility index (Phi) is 4.43. The molecule has 0 unspecified atom stereocenters. The molecule has 2 bridgehead atoms. The number of carbonyl (C=O) groups is 1. The van der Waals surface area contributed by atoms with Gasteiger partial charge in [-0.2, -0.15) is 18.4 Å². The van der Waals surface area contributed by atoms with Gasteiger partial charge in [-0.3, -0.25) is 4.31 Å². The van der Waals surface area contributed by atoms with E-state index in [0.29, 0.717) is 12.5 Å². The molecule has 1 N–H and O–H groups in total. The van der Waals surface area contributed by atoms with E-state index in [0.717, 1.165) is 10.4 Å². The Morgan fingerprint density at radius 3 is 2.76 bits per heavy atom. The van der Waals surface area contributed by atoms with E-state index in [4.69, 9.17) is 10.00 Å². The summed E-state index contributed by atoms with van der Waals surface area (Å²) in [6, 6.07) is 3.76. The molecule has 3 aliphatic heterocycles. The predicted octanol–water partition coefficient (Wildman–Crippen LogP) is 1.61. The second kappa shape index (κ2) is 6.50. The first-order chi connectivity index (χ1) is 13.6. The zero-order chi connectivity index (χ0) is 21.1. The van der Waals surface area contributed by atoms with Gasteiger partial charge in [0.15, 0.2) is 0 Å². The van der Waals surface area contributed by atoms with Crippen molar-refractivity contribution in [2.75, 3.05) is 18.0 Å². The summed E-state index contributed by atoms with van der Waals surface area (Å²) in [5, 5.41) is 10.5. The maximum atomic E-state index is 13.3. The fourth-order valence-corrected chi connectivity index (χ4v) is 6.83. The van der Waals surface area contributed by atoms with Gasteiger partial charge in [0.05, 0.1) is 48.2 Å². The zero-order valence-electron chi connectivity index (χ0n) is 15.0. The van der Waals surface area contributed by atoms with E-state index in [1.54, 1.807) is 0 Å². The van der Waals surface area contributed by atoms with E-state index < -0.39 is 62.8 Å². The number of carbonyl (C=O) groups excluding carboxylic acids is 1. The van der Waals surface area contributed by atoms with E-state index in [1.165, 1.54) is 19.2 Å². The lowest BCUT2D eigenvalue weighted by Gasteiger charge is -2.26. The third-order valence-corrected chi connectivity index (χ3v) is 7.95. The minimum absolute atomic E-state index is 0.0255. The fraction of sp³-hybridized carbons (Fsp3) is 0.529. The van der Waals surface area contributed by atoms with Crippen LogP contribution in [0.5, 0.6) is 0 Å². The summed E-state index contributed by atoms with van der Waals surface area (Å²) in [6.45, 7) is -0.0255. The molecule has 12 heteroatoms. The van der Waals surface area contributed by atoms with Gasteiger partial charge in [0, 0.05) is 12.5 Å². The van der Waals surface area contributed by atoms with Gasteiger partial charge in [0.25, 0.3) is 0 Å². The standard InChI is InChI=1S/C17H16F3N3O5S/c1-27-16(24)22-12-5-13-10-7-23(29(25,26)15(10)14(12)28-13)9-3-2-8(6-21)11(4-9)17(18,19)20/h2-4,10,12-15H,5,7H2,1H3,(H,22,24)/t10-,12-,13+,14+,15-/m0/s1. The number of alkyl carbamates (subject to hydrolysis) is 1. The van der Waals surface area contributed by atoms with Crippen LogP contribution in [0.4, 0.5) is 23.7 Å². The highest BCUT2D eigenvalue weighted by Gasteiger charge is 2.64. The molecule has 1 amide bonds. The van der Waals surface area contributed by atoms with Gasteiger partial charge in [0.1, 0.15) is 5.25 Å². The number of anilines is 1. The van der Waals surface area contributed by atoms with Crippen molar-refractivity contribution in [1.29, 1.82) is 5.26 Å². The van der Waals surface area contributed by atoms with Crippen molar-refractivity contribution in [2.24, 2.45) is 5.92 Å². The van der Waals surface area contributed by atoms with Crippen LogP contribution in [0, 0.1) is 17.2 Å². The topological polar surface area (TPSA) is 109 Å². The molecule has 0 aliphatic carbocycles. The highest BCUT2D eigenvalue weighted by molar-refractivity contribution is 7.93. The number of fused-ring (bicyclic) bond motifs is 5. The number of nitriles is 1. The molecule has 1 aromatic carbocycles. The lowest BCUT2D eigenvalue weighted by atomic mass is 9.85. The largest absolute Gasteiger partial charge is 0.453 e. The van der Waals surface area contributed by atoms with Crippen LogP contribution in [-0.2, 0) is 25.7 Å².